The van der Waals surface area contributed by atoms with E-state index in [1.807, 2.05) is 0 Å². The van der Waals surface area contributed by atoms with Gasteiger partial charge < -0.3 is 0 Å². The summed E-state index contributed by atoms with van der Waals surface area (Å²) in [7, 11) is 0. The van der Waals surface area contributed by atoms with Gasteiger partial charge in [0.2, 0.25) is 0 Å². The van der Waals surface area contributed by atoms with Gasteiger partial charge in [-0.1, -0.05) is 15.9 Å². The molecule has 0 saturated heterocycles. The van der Waals surface area contributed by atoms with Crippen molar-refractivity contribution in [2.24, 2.45) is 0 Å². The van der Waals surface area contributed by atoms with Crippen LogP contribution in [0, 0.1) is 22.9 Å². The van der Waals surface area contributed by atoms with E-state index in [9.17, 15) is 14.5 Å². The average molecular weight is 263 g/mol. The van der Waals surface area contributed by atoms with E-state index in [4.69, 9.17) is 0 Å². The van der Waals surface area contributed by atoms with Crippen LogP contribution in [0.3, 0.4) is 0 Å². The molecule has 0 aliphatic carbocycles. The predicted molar refractivity (Wildman–Crippen MR) is 53.1 cm³/mol. The largest absolute Gasteiger partial charge is 0.293 e. The van der Waals surface area contributed by atoms with Crippen LogP contribution in [0.15, 0.2) is 6.07 Å². The minimum absolute atomic E-state index is 0.243. The Bertz CT molecular complexity index is 371. The van der Waals surface area contributed by atoms with E-state index >= 15 is 0 Å². The first kappa shape index (κ1) is 11.0. The zero-order valence-electron chi connectivity index (χ0n) is 7.46. The summed E-state index contributed by atoms with van der Waals surface area (Å²) in [5.74, 6) is -0.623. The van der Waals surface area contributed by atoms with E-state index in [1.165, 1.54) is 6.92 Å². The molecule has 0 bridgehead atoms. The quantitative estimate of drug-likeness (QED) is 0.478. The summed E-state index contributed by atoms with van der Waals surface area (Å²) in [6, 6.07) is 0.917. The van der Waals surface area contributed by atoms with E-state index in [1.54, 1.807) is 0 Å². The molecule has 0 unspecified atom stereocenters. The Kier molecular flexibility index (Phi) is 3.51. The summed E-state index contributed by atoms with van der Waals surface area (Å²) in [5.41, 5.74) is 0.221. The Labute approximate surface area is 88.4 Å². The molecule has 0 amide bonds. The highest BCUT2D eigenvalue weighted by atomic mass is 79.9. The number of halogens is 2. The van der Waals surface area contributed by atoms with Crippen LogP contribution in [0.4, 0.5) is 10.1 Å². The van der Waals surface area contributed by atoms with Crippen molar-refractivity contribution in [3.05, 3.63) is 33.4 Å². The van der Waals surface area contributed by atoms with Gasteiger partial charge >= 0.3 is 0 Å². The van der Waals surface area contributed by atoms with Gasteiger partial charge in [0.05, 0.1) is 16.7 Å². The molecule has 0 radical (unpaired) electrons. The minimum Gasteiger partial charge on any atom is -0.258 e. The fourth-order valence-electron chi connectivity index (χ4n) is 1.07. The Morgan fingerprint density at radius 1 is 1.71 bits per heavy atom. The van der Waals surface area contributed by atoms with Crippen molar-refractivity contribution < 1.29 is 9.31 Å². The van der Waals surface area contributed by atoms with Gasteiger partial charge in [-0.05, 0) is 6.92 Å². The van der Waals surface area contributed by atoms with Gasteiger partial charge in [0.25, 0.3) is 5.69 Å². The van der Waals surface area contributed by atoms with Crippen molar-refractivity contribution in [1.82, 2.24) is 4.98 Å². The first-order chi connectivity index (χ1) is 6.56. The van der Waals surface area contributed by atoms with Crippen LogP contribution >= 0.6 is 15.9 Å². The van der Waals surface area contributed by atoms with Crippen molar-refractivity contribution in [2.45, 2.75) is 13.3 Å². The van der Waals surface area contributed by atoms with E-state index in [2.05, 4.69) is 20.9 Å². The standard InChI is InChI=1S/C8H8BrFN2O2/c1-5-8(12(13)14)4-6(10)7(11-5)2-3-9/h4H,2-3H2,1H3. The maximum Gasteiger partial charge on any atom is 0.293 e. The lowest BCUT2D eigenvalue weighted by molar-refractivity contribution is -0.385. The van der Waals surface area contributed by atoms with Crippen LogP contribution in [-0.2, 0) is 6.42 Å². The highest BCUT2D eigenvalue weighted by Gasteiger charge is 2.16. The lowest BCUT2D eigenvalue weighted by Gasteiger charge is -2.02. The van der Waals surface area contributed by atoms with Crippen LogP contribution in [-0.4, -0.2) is 15.2 Å². The van der Waals surface area contributed by atoms with Gasteiger partial charge in [0.15, 0.2) is 5.82 Å². The Morgan fingerprint density at radius 3 is 2.86 bits per heavy atom. The van der Waals surface area contributed by atoms with Crippen LogP contribution in [0.25, 0.3) is 0 Å². The summed E-state index contributed by atoms with van der Waals surface area (Å²) >= 11 is 3.15. The second kappa shape index (κ2) is 4.45. The zero-order chi connectivity index (χ0) is 10.7. The van der Waals surface area contributed by atoms with Crippen LogP contribution in [0.2, 0.25) is 0 Å². The third kappa shape index (κ3) is 2.25. The number of hydrogen-bond acceptors (Lipinski definition) is 3. The molecule has 1 rings (SSSR count). The van der Waals surface area contributed by atoms with Gasteiger partial charge in [0, 0.05) is 11.8 Å². The number of alkyl halides is 1. The van der Waals surface area contributed by atoms with Crippen LogP contribution in [0.5, 0.6) is 0 Å². The minimum atomic E-state index is -0.636. The first-order valence-electron chi connectivity index (χ1n) is 3.92. The first-order valence-corrected chi connectivity index (χ1v) is 5.04. The van der Waals surface area contributed by atoms with Gasteiger partial charge in [-0.15, -0.1) is 0 Å². The number of nitro groups is 1. The fourth-order valence-corrected chi connectivity index (χ4v) is 1.45. The second-order valence-electron chi connectivity index (χ2n) is 2.72. The molecule has 1 aromatic rings. The SMILES string of the molecule is Cc1nc(CCBr)c(F)cc1[N+](=O)[O-]. The lowest BCUT2D eigenvalue weighted by atomic mass is 10.2. The molecule has 0 aliphatic rings. The number of rotatable bonds is 3. The van der Waals surface area contributed by atoms with Gasteiger partial charge in [0.1, 0.15) is 5.69 Å². The average Bonchev–Trinajstić information content (AvgIpc) is 2.10. The molecule has 0 saturated carbocycles. The third-order valence-electron chi connectivity index (χ3n) is 1.74. The monoisotopic (exact) mass is 262 g/mol. The van der Waals surface area contributed by atoms with E-state index in [0.717, 1.165) is 6.07 Å². The maximum atomic E-state index is 13.2. The molecule has 1 aromatic heterocycles. The van der Waals surface area contributed by atoms with E-state index in [0.29, 0.717) is 11.8 Å². The number of aryl methyl sites for hydroxylation is 2. The summed E-state index contributed by atoms with van der Waals surface area (Å²) < 4.78 is 13.2. The molecule has 0 aromatic carbocycles. The highest BCUT2D eigenvalue weighted by molar-refractivity contribution is 9.09. The molecule has 0 aliphatic heterocycles. The van der Waals surface area contributed by atoms with Gasteiger partial charge in [-0.3, -0.25) is 10.1 Å². The van der Waals surface area contributed by atoms with Crippen molar-refractivity contribution >= 4 is 21.6 Å². The maximum absolute atomic E-state index is 13.2. The zero-order valence-corrected chi connectivity index (χ0v) is 9.04. The number of aromatic nitrogens is 1. The summed E-state index contributed by atoms with van der Waals surface area (Å²) in [4.78, 5) is 13.6. The second-order valence-corrected chi connectivity index (χ2v) is 3.51. The topological polar surface area (TPSA) is 56.0 Å². The number of hydrogen-bond donors (Lipinski definition) is 0. The molecule has 0 fully saturated rings. The molecule has 1 heterocycles. The summed E-state index contributed by atoms with van der Waals surface area (Å²) in [6.07, 6.45) is 0.421. The molecule has 4 nitrogen and oxygen atoms in total. The predicted octanol–water partition coefficient (Wildman–Crippen LogP) is 2.37. The van der Waals surface area contributed by atoms with Gasteiger partial charge in [-0.25, -0.2) is 9.37 Å². The highest BCUT2D eigenvalue weighted by Crippen LogP contribution is 2.19. The van der Waals surface area contributed by atoms with Crippen molar-refractivity contribution in [3.63, 3.8) is 0 Å². The molecule has 14 heavy (non-hydrogen) atoms. The van der Waals surface area contributed by atoms with Crippen LogP contribution < -0.4 is 0 Å². The van der Waals surface area contributed by atoms with Crippen molar-refractivity contribution in [2.75, 3.05) is 5.33 Å². The van der Waals surface area contributed by atoms with Crippen molar-refractivity contribution in [1.29, 1.82) is 0 Å². The molecule has 0 atom stereocenters. The molecule has 76 valence electrons. The van der Waals surface area contributed by atoms with Gasteiger partial charge in [-0.2, -0.15) is 0 Å². The molecule has 0 N–H and O–H groups in total. The summed E-state index contributed by atoms with van der Waals surface area (Å²) in [5, 5.41) is 11.0. The Balaban J connectivity index is 3.17. The van der Waals surface area contributed by atoms with E-state index in [-0.39, 0.29) is 17.1 Å². The number of nitrogens with zero attached hydrogens (tertiary/aromatic N) is 2. The smallest absolute Gasteiger partial charge is 0.258 e. The Hall–Kier alpha value is -1.04. The third-order valence-corrected chi connectivity index (χ3v) is 2.14. The summed E-state index contributed by atoms with van der Waals surface area (Å²) in [6.45, 7) is 1.50. The van der Waals surface area contributed by atoms with E-state index < -0.39 is 10.7 Å². The molecular formula is C8H8BrFN2O2. The molecule has 6 heteroatoms. The fraction of sp³-hybridized carbons (Fsp3) is 0.375. The molecule has 0 spiro atoms. The van der Waals surface area contributed by atoms with Crippen LogP contribution in [0.1, 0.15) is 11.4 Å². The molecular weight excluding hydrogens is 255 g/mol. The lowest BCUT2D eigenvalue weighted by Crippen LogP contribution is -2.02. The Morgan fingerprint density at radius 2 is 2.36 bits per heavy atom. The normalized spacial score (nSPS) is 10.2. The van der Waals surface area contributed by atoms with Crippen molar-refractivity contribution in [3.8, 4) is 0 Å². The number of pyridine rings is 1.